The normalized spacial score (nSPS) is 11.0. The van der Waals surface area contributed by atoms with E-state index in [4.69, 9.17) is 9.47 Å². The van der Waals surface area contributed by atoms with E-state index in [2.05, 4.69) is 5.32 Å². The molecular formula is C21H17F3N2O5S. The number of sulfonamides is 1. The number of carbonyl (C=O) groups is 1. The summed E-state index contributed by atoms with van der Waals surface area (Å²) in [6.07, 6.45) is 0. The summed E-state index contributed by atoms with van der Waals surface area (Å²) in [6, 6.07) is 11.2. The molecule has 3 rings (SSSR count). The SMILES string of the molecule is COc1ccc(NC(=O)c2ccccc2NS(=O)(=O)c2ccc(F)c(F)c2F)c(OC)c1. The maximum atomic E-state index is 14.0. The minimum atomic E-state index is -4.69. The highest BCUT2D eigenvalue weighted by molar-refractivity contribution is 7.92. The number of benzene rings is 3. The summed E-state index contributed by atoms with van der Waals surface area (Å²) < 4.78 is 78.2. The van der Waals surface area contributed by atoms with Gasteiger partial charge in [0, 0.05) is 6.07 Å². The van der Waals surface area contributed by atoms with Crippen LogP contribution in [0.25, 0.3) is 0 Å². The quantitative estimate of drug-likeness (QED) is 0.510. The Kier molecular flexibility index (Phi) is 6.58. The third kappa shape index (κ3) is 4.62. The Morgan fingerprint density at radius 1 is 0.875 bits per heavy atom. The van der Waals surface area contributed by atoms with Gasteiger partial charge in [0.05, 0.1) is 31.2 Å². The zero-order valence-corrected chi connectivity index (χ0v) is 17.6. The highest BCUT2D eigenvalue weighted by atomic mass is 32.2. The fraction of sp³-hybridized carbons (Fsp3) is 0.0952. The van der Waals surface area contributed by atoms with Gasteiger partial charge < -0.3 is 14.8 Å². The zero-order chi connectivity index (χ0) is 23.5. The van der Waals surface area contributed by atoms with E-state index in [9.17, 15) is 26.4 Å². The number of hydrogen-bond acceptors (Lipinski definition) is 5. The summed E-state index contributed by atoms with van der Waals surface area (Å²) >= 11 is 0. The third-order valence-corrected chi connectivity index (χ3v) is 5.75. The second kappa shape index (κ2) is 9.18. The van der Waals surface area contributed by atoms with Crippen molar-refractivity contribution in [2.45, 2.75) is 4.90 Å². The Morgan fingerprint density at radius 3 is 2.28 bits per heavy atom. The van der Waals surface area contributed by atoms with Crippen molar-refractivity contribution in [3.05, 3.63) is 77.6 Å². The van der Waals surface area contributed by atoms with Crippen LogP contribution in [0.15, 0.2) is 59.5 Å². The monoisotopic (exact) mass is 466 g/mol. The Hall–Kier alpha value is -3.73. The highest BCUT2D eigenvalue weighted by Crippen LogP contribution is 2.30. The Labute approximate surface area is 181 Å². The Balaban J connectivity index is 1.93. The number of methoxy groups -OCH3 is 2. The molecule has 0 bridgehead atoms. The first-order chi connectivity index (χ1) is 15.2. The van der Waals surface area contributed by atoms with Crippen molar-refractivity contribution >= 4 is 27.3 Å². The van der Waals surface area contributed by atoms with Gasteiger partial charge in [-0.2, -0.15) is 0 Å². The average Bonchev–Trinajstić information content (AvgIpc) is 2.77. The molecule has 0 fully saturated rings. The van der Waals surface area contributed by atoms with Gasteiger partial charge in [0.25, 0.3) is 15.9 Å². The van der Waals surface area contributed by atoms with Crippen LogP contribution in [0.2, 0.25) is 0 Å². The van der Waals surface area contributed by atoms with Crippen molar-refractivity contribution in [3.8, 4) is 11.5 Å². The topological polar surface area (TPSA) is 93.7 Å². The molecule has 0 radical (unpaired) electrons. The molecule has 1 amide bonds. The van der Waals surface area contributed by atoms with E-state index in [1.807, 2.05) is 4.72 Å². The van der Waals surface area contributed by atoms with E-state index in [0.29, 0.717) is 23.6 Å². The van der Waals surface area contributed by atoms with E-state index in [0.717, 1.165) is 0 Å². The smallest absolute Gasteiger partial charge is 0.264 e. The van der Waals surface area contributed by atoms with Crippen LogP contribution in [0.5, 0.6) is 11.5 Å². The van der Waals surface area contributed by atoms with Crippen molar-refractivity contribution < 1.29 is 35.9 Å². The first-order valence-corrected chi connectivity index (χ1v) is 10.4. The lowest BCUT2D eigenvalue weighted by Gasteiger charge is -2.15. The molecule has 11 heteroatoms. The lowest BCUT2D eigenvalue weighted by Crippen LogP contribution is -2.20. The van der Waals surface area contributed by atoms with Gasteiger partial charge in [0.2, 0.25) is 0 Å². The highest BCUT2D eigenvalue weighted by Gasteiger charge is 2.26. The molecule has 0 aliphatic heterocycles. The van der Waals surface area contributed by atoms with Gasteiger partial charge in [-0.15, -0.1) is 0 Å². The number of rotatable bonds is 7. The molecular weight excluding hydrogens is 449 g/mol. The molecule has 3 aromatic rings. The van der Waals surface area contributed by atoms with Gasteiger partial charge in [0.1, 0.15) is 16.4 Å². The van der Waals surface area contributed by atoms with E-state index < -0.39 is 38.3 Å². The number of para-hydroxylation sites is 1. The zero-order valence-electron chi connectivity index (χ0n) is 16.8. The van der Waals surface area contributed by atoms with Crippen LogP contribution in [-0.4, -0.2) is 28.5 Å². The molecule has 0 aliphatic rings. The van der Waals surface area contributed by atoms with Gasteiger partial charge in [-0.3, -0.25) is 9.52 Å². The maximum Gasteiger partial charge on any atom is 0.264 e. The summed E-state index contributed by atoms with van der Waals surface area (Å²) in [7, 11) is -1.83. The second-order valence-corrected chi connectivity index (χ2v) is 8.00. The summed E-state index contributed by atoms with van der Waals surface area (Å²) in [6.45, 7) is 0. The summed E-state index contributed by atoms with van der Waals surface area (Å²) in [4.78, 5) is 11.7. The number of carbonyl (C=O) groups excluding carboxylic acids is 1. The predicted octanol–water partition coefficient (Wildman–Crippen LogP) is 4.17. The number of halogens is 3. The molecule has 0 atom stereocenters. The Bertz CT molecular complexity index is 1280. The van der Waals surface area contributed by atoms with Gasteiger partial charge in [-0.25, -0.2) is 21.6 Å². The van der Waals surface area contributed by atoms with Crippen LogP contribution in [0.3, 0.4) is 0 Å². The average molecular weight is 466 g/mol. The molecule has 0 aromatic heterocycles. The van der Waals surface area contributed by atoms with Crippen LogP contribution in [0, 0.1) is 17.5 Å². The number of ether oxygens (including phenoxy) is 2. The predicted molar refractivity (Wildman–Crippen MR) is 111 cm³/mol. The molecule has 0 aliphatic carbocycles. The standard InChI is InChI=1S/C21H17F3N2O5S/c1-30-12-7-9-16(17(11-12)31-2)25-21(27)13-5-3-4-6-15(13)26-32(28,29)18-10-8-14(22)19(23)20(18)24/h3-11,26H,1-2H3,(H,25,27). The molecule has 0 unspecified atom stereocenters. The van der Waals surface area contributed by atoms with E-state index >= 15 is 0 Å². The van der Waals surface area contributed by atoms with Gasteiger partial charge in [0.15, 0.2) is 17.5 Å². The molecule has 0 spiro atoms. The number of amides is 1. The van der Waals surface area contributed by atoms with E-state index in [1.165, 1.54) is 50.6 Å². The van der Waals surface area contributed by atoms with Crippen LogP contribution < -0.4 is 19.5 Å². The van der Waals surface area contributed by atoms with Gasteiger partial charge in [-0.1, -0.05) is 12.1 Å². The molecule has 0 saturated carbocycles. The maximum absolute atomic E-state index is 14.0. The van der Waals surface area contributed by atoms with Crippen molar-refractivity contribution in [2.75, 3.05) is 24.3 Å². The molecule has 2 N–H and O–H groups in total. The van der Waals surface area contributed by atoms with Crippen LogP contribution in [0.4, 0.5) is 24.5 Å². The number of hydrogen-bond donors (Lipinski definition) is 2. The molecule has 32 heavy (non-hydrogen) atoms. The van der Waals surface area contributed by atoms with Crippen molar-refractivity contribution in [1.82, 2.24) is 0 Å². The van der Waals surface area contributed by atoms with E-state index in [1.54, 1.807) is 6.07 Å². The van der Waals surface area contributed by atoms with Crippen molar-refractivity contribution in [3.63, 3.8) is 0 Å². The first-order valence-electron chi connectivity index (χ1n) is 8.96. The molecule has 3 aromatic carbocycles. The minimum absolute atomic E-state index is 0.114. The lowest BCUT2D eigenvalue weighted by atomic mass is 10.1. The van der Waals surface area contributed by atoms with Crippen LogP contribution in [-0.2, 0) is 10.0 Å². The van der Waals surface area contributed by atoms with Gasteiger partial charge in [-0.05, 0) is 36.4 Å². The van der Waals surface area contributed by atoms with Crippen molar-refractivity contribution in [2.24, 2.45) is 0 Å². The summed E-state index contributed by atoms with van der Waals surface area (Å²) in [5, 5.41) is 2.58. The van der Waals surface area contributed by atoms with Crippen molar-refractivity contribution in [1.29, 1.82) is 0 Å². The molecule has 168 valence electrons. The molecule has 0 heterocycles. The second-order valence-electron chi connectivity index (χ2n) is 6.34. The summed E-state index contributed by atoms with van der Waals surface area (Å²) in [5.41, 5.74) is -0.0406. The fourth-order valence-electron chi connectivity index (χ4n) is 2.78. The Morgan fingerprint density at radius 2 is 1.59 bits per heavy atom. The van der Waals surface area contributed by atoms with Crippen LogP contribution in [0.1, 0.15) is 10.4 Å². The third-order valence-electron chi connectivity index (χ3n) is 4.36. The van der Waals surface area contributed by atoms with Gasteiger partial charge >= 0.3 is 0 Å². The lowest BCUT2D eigenvalue weighted by molar-refractivity contribution is 0.102. The fourth-order valence-corrected chi connectivity index (χ4v) is 3.93. The van der Waals surface area contributed by atoms with E-state index in [-0.39, 0.29) is 16.9 Å². The number of nitrogens with one attached hydrogen (secondary N) is 2. The molecule has 0 saturated heterocycles. The number of anilines is 2. The summed E-state index contributed by atoms with van der Waals surface area (Å²) in [5.74, 6) is -5.26. The van der Waals surface area contributed by atoms with Crippen LogP contribution >= 0.6 is 0 Å². The largest absolute Gasteiger partial charge is 0.497 e. The molecule has 7 nitrogen and oxygen atoms in total. The first kappa shape index (κ1) is 22.9. The minimum Gasteiger partial charge on any atom is -0.497 e.